The Morgan fingerprint density at radius 3 is 2.48 bits per heavy atom. The number of anilines is 1. The van der Waals surface area contributed by atoms with Crippen LogP contribution >= 0.6 is 11.8 Å². The molecule has 4 rings (SSSR count). The van der Waals surface area contributed by atoms with Gasteiger partial charge in [0.1, 0.15) is 5.82 Å². The van der Waals surface area contributed by atoms with Crippen LogP contribution in [0.15, 0.2) is 46.3 Å². The summed E-state index contributed by atoms with van der Waals surface area (Å²) >= 11 is 1.44. The third kappa shape index (κ3) is 4.28. The standard InChI is InChI=1S/C24H25N3O5S/c1-13-7-5-6-8-14(13)12-33-24-26-23(30)20-16(11-19(28)25-22(20)27(24)2)15-9-17(31-3)21(29)18(10-15)32-4/h5-10,16,29H,11-12H2,1-4H3,(H,25,28). The number of phenolic OH excluding ortho intramolecular Hbond substituents is 1. The summed E-state index contributed by atoms with van der Waals surface area (Å²) in [7, 11) is 4.64. The van der Waals surface area contributed by atoms with Crippen molar-refractivity contribution in [3.63, 3.8) is 0 Å². The molecule has 8 nitrogen and oxygen atoms in total. The zero-order valence-corrected chi connectivity index (χ0v) is 19.7. The maximum absolute atomic E-state index is 13.2. The number of ether oxygens (including phenoxy) is 2. The summed E-state index contributed by atoms with van der Waals surface area (Å²) in [5, 5.41) is 13.6. The summed E-state index contributed by atoms with van der Waals surface area (Å²) in [5.74, 6) is 0.565. The van der Waals surface area contributed by atoms with Crippen molar-refractivity contribution in [2.45, 2.75) is 30.2 Å². The smallest absolute Gasteiger partial charge is 0.279 e. The highest BCUT2D eigenvalue weighted by Crippen LogP contribution is 2.43. The molecule has 1 amide bonds. The van der Waals surface area contributed by atoms with Crippen LogP contribution in [-0.2, 0) is 17.6 Å². The van der Waals surface area contributed by atoms with Crippen LogP contribution in [0.25, 0.3) is 0 Å². The number of phenols is 1. The summed E-state index contributed by atoms with van der Waals surface area (Å²) in [5.41, 5.74) is 2.94. The Morgan fingerprint density at radius 2 is 1.85 bits per heavy atom. The lowest BCUT2D eigenvalue weighted by molar-refractivity contribution is -0.116. The molecule has 172 valence electrons. The number of nitrogens with one attached hydrogen (secondary N) is 1. The molecule has 3 aromatic rings. The van der Waals surface area contributed by atoms with Crippen LogP contribution in [0.1, 0.15) is 34.6 Å². The molecule has 1 unspecified atom stereocenters. The molecular formula is C24H25N3O5S. The summed E-state index contributed by atoms with van der Waals surface area (Å²) in [6.45, 7) is 2.04. The van der Waals surface area contributed by atoms with E-state index in [1.165, 1.54) is 26.0 Å². The second-order valence-electron chi connectivity index (χ2n) is 7.81. The second-order valence-corrected chi connectivity index (χ2v) is 8.76. The minimum atomic E-state index is -0.557. The number of benzene rings is 2. The van der Waals surface area contributed by atoms with Crippen molar-refractivity contribution in [1.29, 1.82) is 0 Å². The van der Waals surface area contributed by atoms with Gasteiger partial charge in [-0.2, -0.15) is 4.98 Å². The van der Waals surface area contributed by atoms with Gasteiger partial charge in [-0.25, -0.2) is 0 Å². The van der Waals surface area contributed by atoms with E-state index in [0.717, 1.165) is 11.1 Å². The number of nitrogens with zero attached hydrogens (tertiary/aromatic N) is 2. The zero-order valence-electron chi connectivity index (χ0n) is 18.8. The van der Waals surface area contributed by atoms with Gasteiger partial charge in [-0.1, -0.05) is 36.0 Å². The number of hydrogen-bond donors (Lipinski definition) is 2. The van der Waals surface area contributed by atoms with Gasteiger partial charge in [-0.05, 0) is 35.7 Å². The first kappa shape index (κ1) is 22.7. The van der Waals surface area contributed by atoms with Crippen molar-refractivity contribution >= 4 is 23.5 Å². The predicted octanol–water partition coefficient (Wildman–Crippen LogP) is 3.58. The molecule has 2 N–H and O–H groups in total. The van der Waals surface area contributed by atoms with Crippen molar-refractivity contribution in [3.8, 4) is 17.2 Å². The fraction of sp³-hybridized carbons (Fsp3) is 0.292. The minimum absolute atomic E-state index is 0.0662. The van der Waals surface area contributed by atoms with Crippen LogP contribution in [0, 0.1) is 6.92 Å². The fourth-order valence-corrected chi connectivity index (χ4v) is 5.02. The van der Waals surface area contributed by atoms with E-state index in [9.17, 15) is 14.7 Å². The van der Waals surface area contributed by atoms with E-state index in [1.807, 2.05) is 31.2 Å². The monoisotopic (exact) mass is 467 g/mol. The van der Waals surface area contributed by atoms with E-state index in [0.29, 0.717) is 27.9 Å². The van der Waals surface area contributed by atoms with Crippen LogP contribution in [-0.4, -0.2) is 34.8 Å². The van der Waals surface area contributed by atoms with Gasteiger partial charge in [0.15, 0.2) is 16.7 Å². The highest BCUT2D eigenvalue weighted by atomic mass is 32.2. The number of aromatic hydroxyl groups is 1. The van der Waals surface area contributed by atoms with Crippen LogP contribution in [0.3, 0.4) is 0 Å². The number of carbonyl (C=O) groups is 1. The van der Waals surface area contributed by atoms with E-state index >= 15 is 0 Å². The number of aromatic nitrogens is 2. The molecule has 0 fully saturated rings. The molecule has 9 heteroatoms. The van der Waals surface area contributed by atoms with Crippen molar-refractivity contribution in [3.05, 3.63) is 69.0 Å². The van der Waals surface area contributed by atoms with Gasteiger partial charge in [0.2, 0.25) is 11.7 Å². The highest BCUT2D eigenvalue weighted by Gasteiger charge is 2.33. The number of carbonyl (C=O) groups excluding carboxylic acids is 1. The maximum Gasteiger partial charge on any atom is 0.279 e. The van der Waals surface area contributed by atoms with Gasteiger partial charge in [-0.3, -0.25) is 9.59 Å². The Balaban J connectivity index is 1.77. The Morgan fingerprint density at radius 1 is 1.18 bits per heavy atom. The van der Waals surface area contributed by atoms with Crippen LogP contribution in [0.2, 0.25) is 0 Å². The predicted molar refractivity (Wildman–Crippen MR) is 127 cm³/mol. The number of fused-ring (bicyclic) bond motifs is 1. The second kappa shape index (κ2) is 9.19. The molecule has 0 saturated heterocycles. The van der Waals surface area contributed by atoms with Crippen LogP contribution in [0.5, 0.6) is 17.2 Å². The minimum Gasteiger partial charge on any atom is -0.502 e. The first-order valence-electron chi connectivity index (χ1n) is 10.4. The molecule has 0 saturated carbocycles. The van der Waals surface area contributed by atoms with E-state index in [-0.39, 0.29) is 29.6 Å². The van der Waals surface area contributed by atoms with Crippen molar-refractivity contribution in [2.24, 2.45) is 7.05 Å². The lowest BCUT2D eigenvalue weighted by atomic mass is 9.86. The van der Waals surface area contributed by atoms with Crippen LogP contribution in [0.4, 0.5) is 5.82 Å². The first-order chi connectivity index (χ1) is 15.8. The average Bonchev–Trinajstić information content (AvgIpc) is 2.81. The molecule has 0 aliphatic carbocycles. The molecule has 0 spiro atoms. The molecule has 1 aliphatic rings. The Labute approximate surface area is 195 Å². The van der Waals surface area contributed by atoms with Gasteiger partial charge >= 0.3 is 0 Å². The molecule has 1 atom stereocenters. The van der Waals surface area contributed by atoms with Crippen molar-refractivity contribution < 1.29 is 19.4 Å². The fourth-order valence-electron chi connectivity index (χ4n) is 3.98. The molecular weight excluding hydrogens is 442 g/mol. The summed E-state index contributed by atoms with van der Waals surface area (Å²) in [4.78, 5) is 30.1. The normalized spacial score (nSPS) is 15.0. The summed E-state index contributed by atoms with van der Waals surface area (Å²) in [6, 6.07) is 11.3. The SMILES string of the molecule is COc1cc(C2CC(=O)Nc3c2c(=O)nc(SCc2ccccc2C)n3C)cc(OC)c1O. The number of amides is 1. The third-order valence-electron chi connectivity index (χ3n) is 5.82. The highest BCUT2D eigenvalue weighted by molar-refractivity contribution is 7.98. The summed E-state index contributed by atoms with van der Waals surface area (Å²) in [6.07, 6.45) is 0.0662. The average molecular weight is 468 g/mol. The van der Waals surface area contributed by atoms with E-state index in [1.54, 1.807) is 23.7 Å². The Bertz CT molecular complexity index is 1260. The number of thioether (sulfide) groups is 1. The summed E-state index contributed by atoms with van der Waals surface area (Å²) < 4.78 is 12.3. The van der Waals surface area contributed by atoms with Gasteiger partial charge < -0.3 is 24.5 Å². The van der Waals surface area contributed by atoms with Crippen molar-refractivity contribution in [1.82, 2.24) is 9.55 Å². The van der Waals surface area contributed by atoms with Gasteiger partial charge in [0, 0.05) is 25.1 Å². The van der Waals surface area contributed by atoms with E-state index in [2.05, 4.69) is 10.3 Å². The quantitative estimate of drug-likeness (QED) is 0.422. The van der Waals surface area contributed by atoms with Crippen LogP contribution < -0.4 is 20.3 Å². The lowest BCUT2D eigenvalue weighted by Gasteiger charge is -2.28. The lowest BCUT2D eigenvalue weighted by Crippen LogP contribution is -2.33. The molecule has 33 heavy (non-hydrogen) atoms. The first-order valence-corrected chi connectivity index (χ1v) is 11.4. The molecule has 0 bridgehead atoms. The largest absolute Gasteiger partial charge is 0.502 e. The number of aryl methyl sites for hydroxylation is 1. The Kier molecular flexibility index (Phi) is 6.33. The third-order valence-corrected chi connectivity index (χ3v) is 6.90. The van der Waals surface area contributed by atoms with E-state index in [4.69, 9.17) is 9.47 Å². The number of hydrogen-bond acceptors (Lipinski definition) is 7. The van der Waals surface area contributed by atoms with E-state index < -0.39 is 11.5 Å². The maximum atomic E-state index is 13.2. The zero-order chi connectivity index (χ0) is 23.7. The molecule has 2 aromatic carbocycles. The van der Waals surface area contributed by atoms with Gasteiger partial charge in [-0.15, -0.1) is 0 Å². The topological polar surface area (TPSA) is 103 Å². The Hall–Kier alpha value is -3.46. The molecule has 1 aromatic heterocycles. The number of methoxy groups -OCH3 is 2. The molecule has 1 aliphatic heterocycles. The molecule has 2 heterocycles. The van der Waals surface area contributed by atoms with Gasteiger partial charge in [0.25, 0.3) is 5.56 Å². The van der Waals surface area contributed by atoms with Crippen molar-refractivity contribution in [2.75, 3.05) is 19.5 Å². The molecule has 0 radical (unpaired) electrons. The number of rotatable bonds is 6. The van der Waals surface area contributed by atoms with Gasteiger partial charge in [0.05, 0.1) is 19.8 Å².